The molecule has 2 aliphatic carbocycles. The number of hydrogen-bond donors (Lipinski definition) is 0. The van der Waals surface area contributed by atoms with Crippen LogP contribution in [0.3, 0.4) is 0 Å². The highest BCUT2D eigenvalue weighted by atomic mass is 14.3. The Morgan fingerprint density at radius 1 is 0.615 bits per heavy atom. The van der Waals surface area contributed by atoms with Crippen LogP contribution in [0.1, 0.15) is 82.3 Å². The van der Waals surface area contributed by atoms with Gasteiger partial charge in [0.1, 0.15) is 0 Å². The van der Waals surface area contributed by atoms with E-state index in [9.17, 15) is 0 Å². The lowest BCUT2D eigenvalue weighted by atomic mass is 9.79. The van der Waals surface area contributed by atoms with Crippen LogP contribution in [0.5, 0.6) is 0 Å². The van der Waals surface area contributed by atoms with Gasteiger partial charge in [-0.15, -0.1) is 0 Å². The van der Waals surface area contributed by atoms with Gasteiger partial charge >= 0.3 is 0 Å². The summed E-state index contributed by atoms with van der Waals surface area (Å²) in [5.74, 6) is 5.01. The molecule has 2 aromatic carbocycles. The Hall–Kier alpha value is -1.56. The third-order valence-electron chi connectivity index (χ3n) is 6.73. The first-order chi connectivity index (χ1) is 12.7. The molecule has 2 aliphatic rings. The maximum atomic E-state index is 2.39. The minimum Gasteiger partial charge on any atom is -0.0625 e. The quantitative estimate of drug-likeness (QED) is 0.534. The molecule has 4 rings (SSSR count). The Balaban J connectivity index is 1.42. The van der Waals surface area contributed by atoms with Crippen molar-refractivity contribution in [3.8, 4) is 11.1 Å². The third-order valence-corrected chi connectivity index (χ3v) is 6.73. The standard InChI is InChI=1S/C26H32/c1-19-3-7-21(8-4-19)23-11-15-25(16-12-23)26-17-13-24(14-18-26)22-9-5-20(2)6-10-22/h11-19,22H,3-10H2,1-2H3. The van der Waals surface area contributed by atoms with Crippen LogP contribution in [0, 0.1) is 17.8 Å². The second kappa shape index (κ2) is 7.99. The summed E-state index contributed by atoms with van der Waals surface area (Å²) in [5.41, 5.74) is 5.69. The molecule has 0 atom stereocenters. The van der Waals surface area contributed by atoms with Crippen molar-refractivity contribution in [3.63, 3.8) is 0 Å². The van der Waals surface area contributed by atoms with Crippen LogP contribution in [0.4, 0.5) is 0 Å². The molecule has 0 saturated heterocycles. The smallest absolute Gasteiger partial charge is 0.00500 e. The lowest BCUT2D eigenvalue weighted by Crippen LogP contribution is -2.11. The van der Waals surface area contributed by atoms with Crippen LogP contribution < -0.4 is 0 Å². The summed E-state index contributed by atoms with van der Waals surface area (Å²) in [6, 6.07) is 18.7. The summed E-state index contributed by atoms with van der Waals surface area (Å²) in [4.78, 5) is 0. The van der Waals surface area contributed by atoms with Gasteiger partial charge in [0.05, 0.1) is 0 Å². The van der Waals surface area contributed by atoms with E-state index in [2.05, 4.69) is 62.4 Å². The van der Waals surface area contributed by atoms with E-state index in [0.29, 0.717) is 0 Å². The Morgan fingerprint density at radius 3 is 1.69 bits per heavy atom. The summed E-state index contributed by atoms with van der Waals surface area (Å²) in [7, 11) is 0. The molecule has 0 aromatic heterocycles. The fourth-order valence-corrected chi connectivity index (χ4v) is 4.69. The zero-order valence-electron chi connectivity index (χ0n) is 16.4. The summed E-state index contributed by atoms with van der Waals surface area (Å²) >= 11 is 0. The molecule has 26 heavy (non-hydrogen) atoms. The van der Waals surface area contributed by atoms with Gasteiger partial charge < -0.3 is 0 Å². The highest BCUT2D eigenvalue weighted by molar-refractivity contribution is 5.64. The monoisotopic (exact) mass is 344 g/mol. The summed E-state index contributed by atoms with van der Waals surface area (Å²) in [5, 5.41) is 0. The average molecular weight is 345 g/mol. The van der Waals surface area contributed by atoms with E-state index in [4.69, 9.17) is 0 Å². The number of benzene rings is 2. The zero-order valence-corrected chi connectivity index (χ0v) is 16.4. The third kappa shape index (κ3) is 4.05. The van der Waals surface area contributed by atoms with Crippen molar-refractivity contribution in [2.24, 2.45) is 5.92 Å². The second-order valence-corrected chi connectivity index (χ2v) is 8.72. The molecule has 0 nitrogen and oxygen atoms in total. The molecule has 0 spiro atoms. The van der Waals surface area contributed by atoms with Gasteiger partial charge in [0.2, 0.25) is 0 Å². The zero-order chi connectivity index (χ0) is 17.9. The fraction of sp³-hybridized carbons (Fsp3) is 0.462. The first-order valence-corrected chi connectivity index (χ1v) is 10.6. The molecular weight excluding hydrogens is 312 g/mol. The molecule has 0 unspecified atom stereocenters. The maximum Gasteiger partial charge on any atom is 0.00500 e. The van der Waals surface area contributed by atoms with Crippen LogP contribution >= 0.6 is 0 Å². The van der Waals surface area contributed by atoms with Gasteiger partial charge in [-0.1, -0.05) is 62.4 Å². The minimum absolute atomic E-state index is 0.764. The predicted molar refractivity (Wildman–Crippen MR) is 112 cm³/mol. The highest BCUT2D eigenvalue weighted by Gasteiger charge is 2.21. The van der Waals surface area contributed by atoms with E-state index >= 15 is 0 Å². The van der Waals surface area contributed by atoms with Gasteiger partial charge in [-0.2, -0.15) is 0 Å². The van der Waals surface area contributed by atoms with Gasteiger partial charge in [-0.25, -0.2) is 0 Å². The second-order valence-electron chi connectivity index (χ2n) is 8.72. The lowest BCUT2D eigenvalue weighted by Gasteiger charge is -2.26. The Kier molecular flexibility index (Phi) is 5.48. The first-order valence-electron chi connectivity index (χ1n) is 10.6. The van der Waals surface area contributed by atoms with Gasteiger partial charge in [0.15, 0.2) is 0 Å². The van der Waals surface area contributed by atoms with Crippen molar-refractivity contribution in [3.05, 3.63) is 71.5 Å². The molecule has 0 aliphatic heterocycles. The maximum absolute atomic E-state index is 2.39. The molecule has 2 radical (unpaired) electrons. The SMILES string of the molecule is C[C]1CCC(c2ccc(-c3ccc([C]4CCC(C)CC4)cc3)cc2)CC1. The lowest BCUT2D eigenvalue weighted by molar-refractivity contribution is 0.416. The number of rotatable bonds is 3. The molecule has 2 saturated carbocycles. The van der Waals surface area contributed by atoms with Crippen LogP contribution in [0.15, 0.2) is 48.5 Å². The Labute approximate surface area is 160 Å². The summed E-state index contributed by atoms with van der Waals surface area (Å²) < 4.78 is 0. The largest absolute Gasteiger partial charge is 0.0625 e. The molecular formula is C26H32. The van der Waals surface area contributed by atoms with Crippen LogP contribution in [0.25, 0.3) is 11.1 Å². The number of hydrogen-bond acceptors (Lipinski definition) is 0. The van der Waals surface area contributed by atoms with Crippen LogP contribution in [-0.4, -0.2) is 0 Å². The van der Waals surface area contributed by atoms with Crippen LogP contribution in [-0.2, 0) is 0 Å². The molecule has 136 valence electrons. The molecule has 2 fully saturated rings. The van der Waals surface area contributed by atoms with E-state index in [-0.39, 0.29) is 0 Å². The topological polar surface area (TPSA) is 0 Å². The van der Waals surface area contributed by atoms with Gasteiger partial charge in [-0.3, -0.25) is 0 Å². The molecule has 0 amide bonds. The van der Waals surface area contributed by atoms with Gasteiger partial charge in [0, 0.05) is 5.92 Å². The van der Waals surface area contributed by atoms with Gasteiger partial charge in [0.25, 0.3) is 0 Å². The molecule has 0 N–H and O–H groups in total. The van der Waals surface area contributed by atoms with E-state index in [1.807, 2.05) is 0 Å². The predicted octanol–water partition coefficient (Wildman–Crippen LogP) is 7.74. The molecule has 2 aromatic rings. The van der Waals surface area contributed by atoms with E-state index < -0.39 is 0 Å². The molecule has 0 heterocycles. The fourth-order valence-electron chi connectivity index (χ4n) is 4.69. The van der Waals surface area contributed by atoms with E-state index in [0.717, 1.165) is 11.8 Å². The average Bonchev–Trinajstić information content (AvgIpc) is 2.70. The van der Waals surface area contributed by atoms with Gasteiger partial charge in [-0.05, 0) is 91.4 Å². The van der Waals surface area contributed by atoms with E-state index in [1.54, 1.807) is 11.8 Å². The normalized spacial score (nSPS) is 21.2. The first kappa shape index (κ1) is 17.8. The summed E-state index contributed by atoms with van der Waals surface area (Å²) in [6.07, 6.45) is 10.6. The molecule has 0 bridgehead atoms. The van der Waals surface area contributed by atoms with Crippen molar-refractivity contribution >= 4 is 0 Å². The summed E-state index contributed by atoms with van der Waals surface area (Å²) in [6.45, 7) is 4.70. The van der Waals surface area contributed by atoms with Crippen LogP contribution in [0.2, 0.25) is 0 Å². The van der Waals surface area contributed by atoms with Crippen molar-refractivity contribution in [1.29, 1.82) is 0 Å². The minimum atomic E-state index is 0.764. The van der Waals surface area contributed by atoms with Crippen molar-refractivity contribution < 1.29 is 0 Å². The Morgan fingerprint density at radius 2 is 1.12 bits per heavy atom. The van der Waals surface area contributed by atoms with Crippen molar-refractivity contribution in [1.82, 2.24) is 0 Å². The van der Waals surface area contributed by atoms with Crippen molar-refractivity contribution in [2.45, 2.75) is 71.1 Å². The van der Waals surface area contributed by atoms with Crippen molar-refractivity contribution in [2.75, 3.05) is 0 Å². The Bertz CT molecular complexity index is 614. The van der Waals surface area contributed by atoms with E-state index in [1.165, 1.54) is 73.6 Å². The highest BCUT2D eigenvalue weighted by Crippen LogP contribution is 2.38. The molecule has 0 heteroatoms.